The van der Waals surface area contributed by atoms with Gasteiger partial charge in [0.25, 0.3) is 5.91 Å². The third kappa shape index (κ3) is 3.15. The van der Waals surface area contributed by atoms with E-state index < -0.39 is 23.3 Å². The van der Waals surface area contributed by atoms with Crippen LogP contribution in [0.1, 0.15) is 20.7 Å². The summed E-state index contributed by atoms with van der Waals surface area (Å²) < 4.78 is 13.5. The van der Waals surface area contributed by atoms with E-state index in [4.69, 9.17) is 28.3 Å². The molecule has 0 saturated heterocycles. The molecule has 0 aromatic heterocycles. The van der Waals surface area contributed by atoms with Crippen LogP contribution in [0.25, 0.3) is 0 Å². The highest BCUT2D eigenvalue weighted by atomic mass is 35.5. The van der Waals surface area contributed by atoms with E-state index in [1.807, 2.05) is 0 Å². The zero-order valence-electron chi connectivity index (χ0n) is 10.4. The van der Waals surface area contributed by atoms with Gasteiger partial charge in [-0.1, -0.05) is 35.3 Å². The molecular weight excluding hydrogens is 320 g/mol. The van der Waals surface area contributed by atoms with Gasteiger partial charge in [0.15, 0.2) is 0 Å². The van der Waals surface area contributed by atoms with Crippen LogP contribution in [0.5, 0.6) is 0 Å². The standard InChI is InChI=1S/C14H8Cl2FNO3/c15-8-4-1-3-7(12(8)16)13(19)18-10-6-2-5-9(17)11(10)14(20)21/h1-6H,(H,18,19)(H,20,21). The molecule has 0 aliphatic carbocycles. The first-order chi connectivity index (χ1) is 9.91. The second-order valence-corrected chi connectivity index (χ2v) is 4.81. The van der Waals surface area contributed by atoms with E-state index in [2.05, 4.69) is 5.32 Å². The average Bonchev–Trinajstić information content (AvgIpc) is 2.41. The fraction of sp³-hybridized carbons (Fsp3) is 0. The number of halogens is 3. The van der Waals surface area contributed by atoms with Crippen molar-refractivity contribution in [3.05, 3.63) is 63.4 Å². The van der Waals surface area contributed by atoms with Crippen LogP contribution in [0.4, 0.5) is 10.1 Å². The minimum atomic E-state index is -1.49. The van der Waals surface area contributed by atoms with Crippen molar-refractivity contribution in [3.63, 3.8) is 0 Å². The summed E-state index contributed by atoms with van der Waals surface area (Å²) in [5, 5.41) is 11.5. The van der Waals surface area contributed by atoms with Gasteiger partial charge in [0.05, 0.1) is 21.3 Å². The molecule has 2 aromatic carbocycles. The van der Waals surface area contributed by atoms with Gasteiger partial charge in [0.2, 0.25) is 0 Å². The minimum Gasteiger partial charge on any atom is -0.478 e. The highest BCUT2D eigenvalue weighted by molar-refractivity contribution is 6.44. The molecule has 4 nitrogen and oxygen atoms in total. The lowest BCUT2D eigenvalue weighted by Crippen LogP contribution is -2.16. The van der Waals surface area contributed by atoms with E-state index >= 15 is 0 Å². The third-order valence-corrected chi connectivity index (χ3v) is 3.49. The predicted molar refractivity (Wildman–Crippen MR) is 77.8 cm³/mol. The lowest BCUT2D eigenvalue weighted by atomic mass is 10.1. The van der Waals surface area contributed by atoms with Crippen LogP contribution in [0.15, 0.2) is 36.4 Å². The molecule has 0 fully saturated rings. The van der Waals surface area contributed by atoms with Crippen molar-refractivity contribution in [1.29, 1.82) is 0 Å². The Morgan fingerprint density at radius 1 is 1.10 bits per heavy atom. The summed E-state index contributed by atoms with van der Waals surface area (Å²) in [6, 6.07) is 8.01. The number of amides is 1. The third-order valence-electron chi connectivity index (χ3n) is 2.67. The van der Waals surface area contributed by atoms with Crippen molar-refractivity contribution in [2.75, 3.05) is 5.32 Å². The van der Waals surface area contributed by atoms with Crippen molar-refractivity contribution in [2.24, 2.45) is 0 Å². The monoisotopic (exact) mass is 327 g/mol. The maximum atomic E-state index is 13.5. The first kappa shape index (κ1) is 15.3. The molecule has 0 aliphatic heterocycles. The fourth-order valence-corrected chi connectivity index (χ4v) is 2.10. The Morgan fingerprint density at radius 2 is 1.76 bits per heavy atom. The number of rotatable bonds is 3. The number of carbonyl (C=O) groups excluding carboxylic acids is 1. The number of anilines is 1. The van der Waals surface area contributed by atoms with Gasteiger partial charge in [0.1, 0.15) is 11.4 Å². The molecule has 7 heteroatoms. The van der Waals surface area contributed by atoms with Gasteiger partial charge in [-0.2, -0.15) is 0 Å². The molecule has 2 N–H and O–H groups in total. The van der Waals surface area contributed by atoms with E-state index in [0.29, 0.717) is 0 Å². The maximum absolute atomic E-state index is 13.5. The van der Waals surface area contributed by atoms with Crippen LogP contribution in [0.3, 0.4) is 0 Å². The lowest BCUT2D eigenvalue weighted by Gasteiger charge is -2.10. The number of carbonyl (C=O) groups is 2. The summed E-state index contributed by atoms with van der Waals surface area (Å²) in [6.07, 6.45) is 0. The largest absolute Gasteiger partial charge is 0.478 e. The molecule has 0 spiro atoms. The zero-order valence-corrected chi connectivity index (χ0v) is 11.9. The van der Waals surface area contributed by atoms with E-state index in [0.717, 1.165) is 6.07 Å². The van der Waals surface area contributed by atoms with Gasteiger partial charge < -0.3 is 10.4 Å². The quantitative estimate of drug-likeness (QED) is 0.892. The SMILES string of the molecule is O=C(Nc1cccc(F)c1C(=O)O)c1cccc(Cl)c1Cl. The summed E-state index contributed by atoms with van der Waals surface area (Å²) >= 11 is 11.7. The fourth-order valence-electron chi connectivity index (χ4n) is 1.71. The van der Waals surface area contributed by atoms with Crippen LogP contribution in [0, 0.1) is 5.82 Å². The highest BCUT2D eigenvalue weighted by Crippen LogP contribution is 2.27. The summed E-state index contributed by atoms with van der Waals surface area (Å²) in [5.74, 6) is -3.12. The van der Waals surface area contributed by atoms with Crippen LogP contribution in [-0.2, 0) is 0 Å². The molecule has 0 bridgehead atoms. The van der Waals surface area contributed by atoms with Crippen molar-refractivity contribution in [1.82, 2.24) is 0 Å². The molecule has 1 amide bonds. The van der Waals surface area contributed by atoms with Gasteiger partial charge in [-0.05, 0) is 24.3 Å². The molecule has 21 heavy (non-hydrogen) atoms. The summed E-state index contributed by atoms with van der Waals surface area (Å²) in [6.45, 7) is 0. The van der Waals surface area contributed by atoms with Gasteiger partial charge >= 0.3 is 5.97 Å². The smallest absolute Gasteiger partial charge is 0.340 e. The summed E-state index contributed by atoms with van der Waals surface area (Å²) in [7, 11) is 0. The zero-order chi connectivity index (χ0) is 15.6. The highest BCUT2D eigenvalue weighted by Gasteiger charge is 2.19. The Balaban J connectivity index is 2.39. The molecule has 2 rings (SSSR count). The number of benzene rings is 2. The molecule has 0 heterocycles. The minimum absolute atomic E-state index is 0.0324. The second-order valence-electron chi connectivity index (χ2n) is 4.02. The number of aromatic carboxylic acids is 1. The molecule has 0 aliphatic rings. The van der Waals surface area contributed by atoms with Crippen molar-refractivity contribution >= 4 is 40.8 Å². The maximum Gasteiger partial charge on any atom is 0.340 e. The topological polar surface area (TPSA) is 66.4 Å². The number of carboxylic acids is 1. The first-order valence-electron chi connectivity index (χ1n) is 5.69. The first-order valence-corrected chi connectivity index (χ1v) is 6.44. The van der Waals surface area contributed by atoms with Gasteiger partial charge in [-0.15, -0.1) is 0 Å². The average molecular weight is 328 g/mol. The lowest BCUT2D eigenvalue weighted by molar-refractivity contribution is 0.0693. The molecule has 0 atom stereocenters. The normalized spacial score (nSPS) is 10.2. The van der Waals surface area contributed by atoms with E-state index in [-0.39, 0.29) is 21.3 Å². The molecule has 2 aromatic rings. The van der Waals surface area contributed by atoms with Crippen LogP contribution in [0.2, 0.25) is 10.0 Å². The van der Waals surface area contributed by atoms with Gasteiger partial charge in [0, 0.05) is 0 Å². The van der Waals surface area contributed by atoms with E-state index in [9.17, 15) is 14.0 Å². The molecule has 0 radical (unpaired) electrons. The van der Waals surface area contributed by atoms with Crippen molar-refractivity contribution < 1.29 is 19.1 Å². The Hall–Kier alpha value is -2.11. The van der Waals surface area contributed by atoms with Gasteiger partial charge in [-0.3, -0.25) is 4.79 Å². The van der Waals surface area contributed by atoms with Gasteiger partial charge in [-0.25, -0.2) is 9.18 Å². The summed E-state index contributed by atoms with van der Waals surface area (Å²) in [4.78, 5) is 23.1. The van der Waals surface area contributed by atoms with Crippen molar-refractivity contribution in [2.45, 2.75) is 0 Å². The number of hydrogen-bond acceptors (Lipinski definition) is 2. The number of nitrogens with one attached hydrogen (secondary N) is 1. The Morgan fingerprint density at radius 3 is 2.43 bits per heavy atom. The number of carboxylic acid groups (broad SMARTS) is 1. The molecule has 0 unspecified atom stereocenters. The molecule has 108 valence electrons. The predicted octanol–water partition coefficient (Wildman–Crippen LogP) is 4.08. The van der Waals surface area contributed by atoms with E-state index in [1.54, 1.807) is 0 Å². The van der Waals surface area contributed by atoms with Crippen LogP contribution < -0.4 is 5.32 Å². The Kier molecular flexibility index (Phi) is 4.45. The second kappa shape index (κ2) is 6.11. The van der Waals surface area contributed by atoms with Crippen LogP contribution >= 0.6 is 23.2 Å². The summed E-state index contributed by atoms with van der Waals surface area (Å²) in [5.41, 5.74) is -0.725. The Bertz CT molecular complexity index is 734. The Labute approximate surface area is 129 Å². The van der Waals surface area contributed by atoms with Crippen LogP contribution in [-0.4, -0.2) is 17.0 Å². The molecular formula is C14H8Cl2FNO3. The number of hydrogen-bond donors (Lipinski definition) is 2. The van der Waals surface area contributed by atoms with E-state index in [1.165, 1.54) is 30.3 Å². The molecule has 0 saturated carbocycles. The van der Waals surface area contributed by atoms with Crippen molar-refractivity contribution in [3.8, 4) is 0 Å².